The Morgan fingerprint density at radius 1 is 1.47 bits per heavy atom. The van der Waals surface area contributed by atoms with Crippen molar-refractivity contribution in [1.82, 2.24) is 10.6 Å². The average Bonchev–Trinajstić information content (AvgIpc) is 2.84. The van der Waals surface area contributed by atoms with Gasteiger partial charge in [0.1, 0.15) is 11.9 Å². The molecule has 1 aliphatic rings. The number of hydrogen-bond donors (Lipinski definition) is 2. The van der Waals surface area contributed by atoms with Gasteiger partial charge in [-0.3, -0.25) is 0 Å². The van der Waals surface area contributed by atoms with Crippen molar-refractivity contribution in [2.75, 3.05) is 19.6 Å². The maximum atomic E-state index is 5.84. The average molecular weight is 257 g/mol. The van der Waals surface area contributed by atoms with Crippen LogP contribution in [0.3, 0.4) is 0 Å². The number of aliphatic imine (C=N–C) groups is 1. The van der Waals surface area contributed by atoms with Gasteiger partial charge in [0, 0.05) is 13.0 Å². The molecule has 1 aromatic rings. The summed E-state index contributed by atoms with van der Waals surface area (Å²) in [6.45, 7) is 3.92. The van der Waals surface area contributed by atoms with Crippen LogP contribution in [-0.4, -0.2) is 31.7 Å². The Balaban J connectivity index is 1.90. The molecule has 0 spiro atoms. The Morgan fingerprint density at radius 2 is 2.32 bits per heavy atom. The monoisotopic (exact) mass is 257 g/mol. The summed E-state index contributed by atoms with van der Waals surface area (Å²) in [5.74, 6) is 4.25. The molecule has 0 aromatic heterocycles. The highest BCUT2D eigenvalue weighted by Crippen LogP contribution is 2.27. The van der Waals surface area contributed by atoms with E-state index in [0.29, 0.717) is 13.1 Å². The highest BCUT2D eigenvalue weighted by molar-refractivity contribution is 5.80. The number of terminal acetylenes is 1. The lowest BCUT2D eigenvalue weighted by atomic mass is 10.1. The van der Waals surface area contributed by atoms with Crippen LogP contribution in [0.4, 0.5) is 0 Å². The number of para-hydroxylation sites is 1. The van der Waals surface area contributed by atoms with Crippen LogP contribution in [0, 0.1) is 12.3 Å². The summed E-state index contributed by atoms with van der Waals surface area (Å²) in [4.78, 5) is 4.49. The number of rotatable bonds is 4. The molecule has 1 heterocycles. The first-order valence-corrected chi connectivity index (χ1v) is 6.53. The summed E-state index contributed by atoms with van der Waals surface area (Å²) in [7, 11) is 0. The third kappa shape index (κ3) is 3.65. The summed E-state index contributed by atoms with van der Waals surface area (Å²) < 4.78 is 5.84. The van der Waals surface area contributed by atoms with E-state index in [1.54, 1.807) is 0 Å². The lowest BCUT2D eigenvalue weighted by Crippen LogP contribution is -2.38. The Hall–Kier alpha value is -2.15. The second-order valence-electron chi connectivity index (χ2n) is 4.33. The van der Waals surface area contributed by atoms with Crippen molar-refractivity contribution in [3.63, 3.8) is 0 Å². The summed E-state index contributed by atoms with van der Waals surface area (Å²) >= 11 is 0. The highest BCUT2D eigenvalue weighted by Gasteiger charge is 2.21. The molecule has 2 N–H and O–H groups in total. The molecule has 0 amide bonds. The lowest BCUT2D eigenvalue weighted by molar-refractivity contribution is 0.241. The van der Waals surface area contributed by atoms with E-state index in [1.165, 1.54) is 5.56 Å². The number of hydrogen-bond acceptors (Lipinski definition) is 2. The van der Waals surface area contributed by atoms with E-state index in [0.717, 1.165) is 24.7 Å². The first-order chi connectivity index (χ1) is 9.33. The fourth-order valence-electron chi connectivity index (χ4n) is 2.03. The molecule has 19 heavy (non-hydrogen) atoms. The van der Waals surface area contributed by atoms with Gasteiger partial charge in [-0.1, -0.05) is 24.1 Å². The molecular weight excluding hydrogens is 238 g/mol. The van der Waals surface area contributed by atoms with E-state index in [9.17, 15) is 0 Å². The van der Waals surface area contributed by atoms with Crippen molar-refractivity contribution in [3.8, 4) is 18.1 Å². The molecule has 0 saturated carbocycles. The minimum atomic E-state index is 0.110. The van der Waals surface area contributed by atoms with Crippen LogP contribution in [0.2, 0.25) is 0 Å². The molecular formula is C15H19N3O. The molecule has 0 fully saturated rings. The lowest BCUT2D eigenvalue weighted by Gasteiger charge is -2.11. The Bertz CT molecular complexity index is 465. The van der Waals surface area contributed by atoms with Crippen LogP contribution in [-0.2, 0) is 6.42 Å². The third-order valence-electron chi connectivity index (χ3n) is 2.87. The molecule has 4 heteroatoms. The van der Waals surface area contributed by atoms with E-state index in [4.69, 9.17) is 11.2 Å². The standard InChI is InChI=1S/C15H19N3O/c1-3-9-17-15(16-4-2)18-11-13-10-12-7-5-6-8-14(12)19-13/h1,5-8,13H,4,9-11H2,2H3,(H2,16,17,18). The van der Waals surface area contributed by atoms with Gasteiger partial charge in [0.05, 0.1) is 13.1 Å². The first-order valence-electron chi connectivity index (χ1n) is 6.53. The molecule has 1 unspecified atom stereocenters. The number of nitrogens with one attached hydrogen (secondary N) is 2. The van der Waals surface area contributed by atoms with Crippen LogP contribution in [0.5, 0.6) is 5.75 Å². The predicted octanol–water partition coefficient (Wildman–Crippen LogP) is 1.18. The fourth-order valence-corrected chi connectivity index (χ4v) is 2.03. The van der Waals surface area contributed by atoms with Gasteiger partial charge in [0.15, 0.2) is 5.96 Å². The van der Waals surface area contributed by atoms with Gasteiger partial charge in [-0.05, 0) is 18.6 Å². The summed E-state index contributed by atoms with van der Waals surface area (Å²) in [6, 6.07) is 8.12. The van der Waals surface area contributed by atoms with E-state index in [2.05, 4.69) is 27.6 Å². The molecule has 1 aliphatic heterocycles. The molecule has 0 aliphatic carbocycles. The topological polar surface area (TPSA) is 45.7 Å². The van der Waals surface area contributed by atoms with E-state index in [-0.39, 0.29) is 6.10 Å². The van der Waals surface area contributed by atoms with Crippen LogP contribution in [0.25, 0.3) is 0 Å². The van der Waals surface area contributed by atoms with Crippen molar-refractivity contribution >= 4 is 5.96 Å². The van der Waals surface area contributed by atoms with Gasteiger partial charge in [-0.15, -0.1) is 6.42 Å². The molecule has 4 nitrogen and oxygen atoms in total. The zero-order valence-corrected chi connectivity index (χ0v) is 11.1. The van der Waals surface area contributed by atoms with Gasteiger partial charge in [0.2, 0.25) is 0 Å². The Morgan fingerprint density at radius 3 is 3.05 bits per heavy atom. The number of nitrogens with zero attached hydrogens (tertiary/aromatic N) is 1. The normalized spacial score (nSPS) is 17.3. The summed E-state index contributed by atoms with van der Waals surface area (Å²) in [5, 5.41) is 6.21. The Labute approximate surface area is 114 Å². The second-order valence-corrected chi connectivity index (χ2v) is 4.33. The first kappa shape index (κ1) is 13.3. The van der Waals surface area contributed by atoms with Gasteiger partial charge < -0.3 is 15.4 Å². The number of ether oxygens (including phenoxy) is 1. The van der Waals surface area contributed by atoms with Crippen LogP contribution in [0.15, 0.2) is 29.3 Å². The zero-order chi connectivity index (χ0) is 13.5. The highest BCUT2D eigenvalue weighted by atomic mass is 16.5. The largest absolute Gasteiger partial charge is 0.488 e. The van der Waals surface area contributed by atoms with E-state index in [1.807, 2.05) is 25.1 Å². The number of benzene rings is 1. The minimum Gasteiger partial charge on any atom is -0.488 e. The number of fused-ring (bicyclic) bond motifs is 1. The molecule has 2 rings (SSSR count). The van der Waals surface area contributed by atoms with Crippen molar-refractivity contribution in [2.24, 2.45) is 4.99 Å². The Kier molecular flexibility index (Phi) is 4.68. The summed E-state index contributed by atoms with van der Waals surface area (Å²) in [6.07, 6.45) is 6.25. The maximum Gasteiger partial charge on any atom is 0.192 e. The third-order valence-corrected chi connectivity index (χ3v) is 2.87. The van der Waals surface area contributed by atoms with Crippen LogP contribution in [0.1, 0.15) is 12.5 Å². The number of guanidine groups is 1. The molecule has 1 aromatic carbocycles. The van der Waals surface area contributed by atoms with Gasteiger partial charge in [-0.2, -0.15) is 0 Å². The van der Waals surface area contributed by atoms with Gasteiger partial charge in [-0.25, -0.2) is 4.99 Å². The minimum absolute atomic E-state index is 0.110. The van der Waals surface area contributed by atoms with Crippen LogP contribution >= 0.6 is 0 Å². The fraction of sp³-hybridized carbons (Fsp3) is 0.400. The van der Waals surface area contributed by atoms with E-state index >= 15 is 0 Å². The second kappa shape index (κ2) is 6.69. The molecule has 0 saturated heterocycles. The molecule has 0 bridgehead atoms. The SMILES string of the molecule is C#CCNC(=NCC1Cc2ccccc2O1)NCC. The van der Waals surface area contributed by atoms with Crippen molar-refractivity contribution in [3.05, 3.63) is 29.8 Å². The van der Waals surface area contributed by atoms with Crippen molar-refractivity contribution < 1.29 is 4.74 Å². The van der Waals surface area contributed by atoms with Gasteiger partial charge in [0.25, 0.3) is 0 Å². The van der Waals surface area contributed by atoms with E-state index < -0.39 is 0 Å². The predicted molar refractivity (Wildman–Crippen MR) is 77.4 cm³/mol. The molecule has 100 valence electrons. The van der Waals surface area contributed by atoms with Crippen molar-refractivity contribution in [2.45, 2.75) is 19.4 Å². The zero-order valence-electron chi connectivity index (χ0n) is 11.1. The quantitative estimate of drug-likeness (QED) is 0.484. The van der Waals surface area contributed by atoms with Gasteiger partial charge >= 0.3 is 0 Å². The van der Waals surface area contributed by atoms with Crippen molar-refractivity contribution in [1.29, 1.82) is 0 Å². The summed E-state index contributed by atoms with van der Waals surface area (Å²) in [5.41, 5.74) is 1.25. The van der Waals surface area contributed by atoms with Crippen LogP contribution < -0.4 is 15.4 Å². The molecule has 1 atom stereocenters. The maximum absolute atomic E-state index is 5.84. The molecule has 0 radical (unpaired) electrons. The smallest absolute Gasteiger partial charge is 0.192 e.